The standard InChI is InChI=1S/C16H23FN2O.HI/c1-11-9-13(17)10-12(2)15(11)18-16(20)14-7-5-6-8-19(14,3)4;/h9-10,14H,5-8H2,1-4H3;1H. The molecule has 3 nitrogen and oxygen atoms in total. The van der Waals surface area contributed by atoms with Gasteiger partial charge in [0.2, 0.25) is 0 Å². The molecule has 0 aromatic heterocycles. The van der Waals surface area contributed by atoms with Crippen molar-refractivity contribution in [2.45, 2.75) is 39.2 Å². The Labute approximate surface area is 143 Å². The normalized spacial score (nSPS) is 20.5. The lowest BCUT2D eigenvalue weighted by Crippen LogP contribution is -3.00. The van der Waals surface area contributed by atoms with E-state index in [-0.39, 0.29) is 41.7 Å². The van der Waals surface area contributed by atoms with Crippen LogP contribution in [0.3, 0.4) is 0 Å². The zero-order valence-corrected chi connectivity index (χ0v) is 15.3. The second-order valence-electron chi connectivity index (χ2n) is 6.42. The van der Waals surface area contributed by atoms with E-state index in [2.05, 4.69) is 19.4 Å². The molecule has 0 aliphatic carbocycles. The number of hydrogen-bond donors (Lipinski definition) is 1. The van der Waals surface area contributed by atoms with Gasteiger partial charge in [0.1, 0.15) is 5.82 Å². The van der Waals surface area contributed by atoms with Crippen LogP contribution in [0.5, 0.6) is 0 Å². The zero-order valence-electron chi connectivity index (χ0n) is 13.2. The molecule has 1 amide bonds. The first-order chi connectivity index (χ1) is 9.31. The van der Waals surface area contributed by atoms with Crippen LogP contribution in [0, 0.1) is 19.7 Å². The van der Waals surface area contributed by atoms with Gasteiger partial charge < -0.3 is 33.8 Å². The smallest absolute Gasteiger partial charge is 0.282 e. The maximum Gasteiger partial charge on any atom is 0.282 e. The molecule has 1 aromatic rings. The second kappa shape index (κ2) is 7.05. The van der Waals surface area contributed by atoms with Crippen molar-refractivity contribution in [1.29, 1.82) is 0 Å². The van der Waals surface area contributed by atoms with Crippen molar-refractivity contribution in [3.8, 4) is 0 Å². The summed E-state index contributed by atoms with van der Waals surface area (Å²) < 4.78 is 14.0. The van der Waals surface area contributed by atoms with Crippen molar-refractivity contribution in [1.82, 2.24) is 0 Å². The number of benzene rings is 1. The second-order valence-corrected chi connectivity index (χ2v) is 6.42. The Bertz CT molecular complexity index is 508. The topological polar surface area (TPSA) is 29.1 Å². The fourth-order valence-corrected chi connectivity index (χ4v) is 3.13. The first-order valence-electron chi connectivity index (χ1n) is 7.21. The average molecular weight is 406 g/mol. The summed E-state index contributed by atoms with van der Waals surface area (Å²) in [6.45, 7) is 4.68. The van der Waals surface area contributed by atoms with Crippen LogP contribution in [0.15, 0.2) is 12.1 Å². The van der Waals surface area contributed by atoms with Crippen molar-refractivity contribution in [2.24, 2.45) is 0 Å². The maximum atomic E-state index is 13.3. The molecule has 1 heterocycles. The van der Waals surface area contributed by atoms with E-state index in [1.165, 1.54) is 18.6 Å². The van der Waals surface area contributed by atoms with Crippen molar-refractivity contribution >= 4 is 11.6 Å². The minimum absolute atomic E-state index is 0. The number of halogens is 2. The number of likely N-dealkylation sites (tertiary alicyclic amines) is 1. The molecule has 1 aliphatic heterocycles. The number of nitrogens with one attached hydrogen (secondary N) is 1. The van der Waals surface area contributed by atoms with Crippen LogP contribution < -0.4 is 29.3 Å². The summed E-state index contributed by atoms with van der Waals surface area (Å²) in [6.07, 6.45) is 3.19. The van der Waals surface area contributed by atoms with Crippen LogP contribution in [0.25, 0.3) is 0 Å². The molecule has 1 saturated heterocycles. The van der Waals surface area contributed by atoms with Gasteiger partial charge in [-0.1, -0.05) is 0 Å². The summed E-state index contributed by atoms with van der Waals surface area (Å²) >= 11 is 0. The Morgan fingerprint density at radius 1 is 1.24 bits per heavy atom. The lowest BCUT2D eigenvalue weighted by molar-refractivity contribution is -0.910. The number of likely N-dealkylation sites (N-methyl/N-ethyl adjacent to an activating group) is 1. The molecule has 5 heteroatoms. The molecule has 1 N–H and O–H groups in total. The largest absolute Gasteiger partial charge is 1.00 e. The van der Waals surface area contributed by atoms with Gasteiger partial charge in [-0.2, -0.15) is 0 Å². The molecule has 1 aromatic carbocycles. The predicted octanol–water partition coefficient (Wildman–Crippen LogP) is 0.0139. The monoisotopic (exact) mass is 406 g/mol. The minimum atomic E-state index is -0.258. The number of carbonyl (C=O) groups excluding carboxylic acids is 1. The zero-order chi connectivity index (χ0) is 14.9. The van der Waals surface area contributed by atoms with E-state index in [1.54, 1.807) is 0 Å². The fourth-order valence-electron chi connectivity index (χ4n) is 3.13. The van der Waals surface area contributed by atoms with Crippen LogP contribution in [0.2, 0.25) is 0 Å². The minimum Gasteiger partial charge on any atom is -1.00 e. The van der Waals surface area contributed by atoms with Crippen LogP contribution in [-0.2, 0) is 4.79 Å². The summed E-state index contributed by atoms with van der Waals surface area (Å²) in [6, 6.07) is 2.90. The Balaban J connectivity index is 0.00000220. The molecule has 1 unspecified atom stereocenters. The maximum absolute atomic E-state index is 13.3. The third-order valence-electron chi connectivity index (χ3n) is 4.35. The van der Waals surface area contributed by atoms with Gasteiger partial charge in [0.15, 0.2) is 6.04 Å². The molecule has 1 aliphatic rings. The van der Waals surface area contributed by atoms with Gasteiger partial charge in [0.25, 0.3) is 5.91 Å². The number of quaternary nitrogens is 1. The van der Waals surface area contributed by atoms with Gasteiger partial charge in [0, 0.05) is 12.1 Å². The van der Waals surface area contributed by atoms with Gasteiger partial charge in [-0.15, -0.1) is 0 Å². The summed E-state index contributed by atoms with van der Waals surface area (Å²) in [7, 11) is 4.21. The molecule has 0 saturated carbocycles. The van der Waals surface area contributed by atoms with E-state index in [0.29, 0.717) is 0 Å². The third-order valence-corrected chi connectivity index (χ3v) is 4.35. The van der Waals surface area contributed by atoms with Crippen molar-refractivity contribution < 1.29 is 37.6 Å². The number of aryl methyl sites for hydroxylation is 2. The van der Waals surface area contributed by atoms with E-state index in [1.807, 2.05) is 13.8 Å². The number of anilines is 1. The number of nitrogens with zero attached hydrogens (tertiary/aromatic N) is 1. The van der Waals surface area contributed by atoms with E-state index in [0.717, 1.165) is 40.7 Å². The lowest BCUT2D eigenvalue weighted by Gasteiger charge is -2.40. The highest BCUT2D eigenvalue weighted by Gasteiger charge is 2.37. The van der Waals surface area contributed by atoms with E-state index >= 15 is 0 Å². The van der Waals surface area contributed by atoms with Crippen LogP contribution >= 0.6 is 0 Å². The highest BCUT2D eigenvalue weighted by molar-refractivity contribution is 5.95. The van der Waals surface area contributed by atoms with Gasteiger partial charge >= 0.3 is 0 Å². The van der Waals surface area contributed by atoms with Crippen molar-refractivity contribution in [2.75, 3.05) is 26.0 Å². The lowest BCUT2D eigenvalue weighted by atomic mass is 9.99. The number of hydrogen-bond acceptors (Lipinski definition) is 1. The highest BCUT2D eigenvalue weighted by atomic mass is 127. The van der Waals surface area contributed by atoms with Crippen LogP contribution in [0.4, 0.5) is 10.1 Å². The van der Waals surface area contributed by atoms with Gasteiger partial charge in [0.05, 0.1) is 20.6 Å². The van der Waals surface area contributed by atoms with Gasteiger partial charge in [-0.3, -0.25) is 4.79 Å². The van der Waals surface area contributed by atoms with Crippen LogP contribution in [-0.4, -0.2) is 37.1 Å². The van der Waals surface area contributed by atoms with Crippen molar-refractivity contribution in [3.05, 3.63) is 29.1 Å². The van der Waals surface area contributed by atoms with E-state index in [4.69, 9.17) is 0 Å². The highest BCUT2D eigenvalue weighted by Crippen LogP contribution is 2.26. The number of carbonyl (C=O) groups is 1. The average Bonchev–Trinajstić information content (AvgIpc) is 2.32. The quantitative estimate of drug-likeness (QED) is 0.545. The van der Waals surface area contributed by atoms with Crippen molar-refractivity contribution in [3.63, 3.8) is 0 Å². The Hall–Kier alpha value is -0.690. The van der Waals surface area contributed by atoms with Gasteiger partial charge in [-0.05, 0) is 49.9 Å². The Morgan fingerprint density at radius 2 is 1.81 bits per heavy atom. The molecule has 1 fully saturated rings. The Morgan fingerprint density at radius 3 is 2.33 bits per heavy atom. The summed E-state index contributed by atoms with van der Waals surface area (Å²) in [5, 5.41) is 3.01. The van der Waals surface area contributed by atoms with E-state index < -0.39 is 0 Å². The third kappa shape index (κ3) is 4.16. The number of rotatable bonds is 2. The van der Waals surface area contributed by atoms with Gasteiger partial charge in [-0.25, -0.2) is 4.39 Å². The summed E-state index contributed by atoms with van der Waals surface area (Å²) in [5.74, 6) is -0.209. The summed E-state index contributed by atoms with van der Waals surface area (Å²) in [5.41, 5.74) is 2.30. The molecule has 0 spiro atoms. The molecule has 0 bridgehead atoms. The van der Waals surface area contributed by atoms with E-state index in [9.17, 15) is 9.18 Å². The molecule has 2 rings (SSSR count). The first kappa shape index (κ1) is 18.4. The fraction of sp³-hybridized carbons (Fsp3) is 0.562. The van der Waals surface area contributed by atoms with Crippen LogP contribution in [0.1, 0.15) is 30.4 Å². The molecule has 0 radical (unpaired) electrons. The first-order valence-corrected chi connectivity index (χ1v) is 7.21. The number of piperidine rings is 1. The predicted molar refractivity (Wildman–Crippen MR) is 79.1 cm³/mol. The SMILES string of the molecule is Cc1cc(F)cc(C)c1NC(=O)C1CCCC[N+]1(C)C.[I-]. The Kier molecular flexibility index (Phi) is 6.16. The molecule has 1 atom stereocenters. The summed E-state index contributed by atoms with van der Waals surface area (Å²) in [4.78, 5) is 12.6. The molecule has 21 heavy (non-hydrogen) atoms. The number of amides is 1. The molecular weight excluding hydrogens is 382 g/mol. The molecule has 118 valence electrons. The molecular formula is C16H24FIN2O.